The van der Waals surface area contributed by atoms with Crippen LogP contribution in [0.2, 0.25) is 0 Å². The molecule has 0 saturated heterocycles. The first-order valence-electron chi connectivity index (χ1n) is 5.73. The molecule has 0 bridgehead atoms. The van der Waals surface area contributed by atoms with Gasteiger partial charge in [0.2, 0.25) is 0 Å². The van der Waals surface area contributed by atoms with Gasteiger partial charge in [0.1, 0.15) is 5.75 Å². The molecule has 1 aromatic rings. The van der Waals surface area contributed by atoms with Gasteiger partial charge in [-0.1, -0.05) is 23.9 Å². The van der Waals surface area contributed by atoms with Crippen molar-refractivity contribution < 1.29 is 9.47 Å². The van der Waals surface area contributed by atoms with E-state index in [1.165, 1.54) is 11.8 Å². The van der Waals surface area contributed by atoms with Crippen LogP contribution < -0.4 is 10.5 Å². The minimum atomic E-state index is 0.0906. The van der Waals surface area contributed by atoms with Crippen LogP contribution in [0, 0.1) is 0 Å². The number of hydrogen-bond donors (Lipinski definition) is 1. The minimum Gasteiger partial charge on any atom is -0.497 e. The third-order valence-corrected chi connectivity index (χ3v) is 3.16. The molecule has 0 amide bonds. The lowest BCUT2D eigenvalue weighted by Gasteiger charge is -2.07. The average molecular weight is 268 g/mol. The molecule has 0 spiro atoms. The van der Waals surface area contributed by atoms with Gasteiger partial charge in [-0.3, -0.25) is 4.99 Å². The van der Waals surface area contributed by atoms with Gasteiger partial charge in [0.05, 0.1) is 19.8 Å². The Bertz CT molecular complexity index is 396. The highest BCUT2D eigenvalue weighted by molar-refractivity contribution is 8.13. The number of amidine groups is 1. The maximum Gasteiger partial charge on any atom is 0.154 e. The molecule has 5 heteroatoms. The monoisotopic (exact) mass is 268 g/mol. The molecule has 2 N–H and O–H groups in total. The van der Waals surface area contributed by atoms with Crippen LogP contribution in [0.1, 0.15) is 12.5 Å². The maximum atomic E-state index is 5.85. The highest BCUT2D eigenvalue weighted by atomic mass is 32.2. The first-order valence-corrected chi connectivity index (χ1v) is 6.72. The van der Waals surface area contributed by atoms with Gasteiger partial charge in [-0.25, -0.2) is 0 Å². The minimum absolute atomic E-state index is 0.0906. The number of aliphatic imine (C=N–C) groups is 1. The Balaban J connectivity index is 2.48. The number of nitrogens with two attached hydrogens (primary N) is 1. The van der Waals surface area contributed by atoms with Crippen LogP contribution in [0.5, 0.6) is 5.75 Å². The quantitative estimate of drug-likeness (QED) is 0.635. The lowest BCUT2D eigenvalue weighted by molar-refractivity contribution is 0.186. The van der Waals surface area contributed by atoms with E-state index in [1.807, 2.05) is 31.2 Å². The summed E-state index contributed by atoms with van der Waals surface area (Å²) in [6.45, 7) is 2.56. The SMILES string of the molecule is COC[C@@H](C)N=C(N)SCc1cccc(OC)c1. The molecule has 1 aromatic carbocycles. The smallest absolute Gasteiger partial charge is 0.154 e. The fourth-order valence-corrected chi connectivity index (χ4v) is 2.20. The van der Waals surface area contributed by atoms with E-state index in [9.17, 15) is 0 Å². The Morgan fingerprint density at radius 3 is 2.89 bits per heavy atom. The van der Waals surface area contributed by atoms with Gasteiger partial charge in [0.15, 0.2) is 5.17 Å². The molecule has 0 aliphatic heterocycles. The number of nitrogens with zero attached hydrogens (tertiary/aromatic N) is 1. The second-order valence-corrected chi connectivity index (χ2v) is 4.91. The third-order valence-electron chi connectivity index (χ3n) is 2.28. The van der Waals surface area contributed by atoms with Gasteiger partial charge in [-0.05, 0) is 24.6 Å². The molecule has 0 radical (unpaired) electrons. The van der Waals surface area contributed by atoms with Crippen molar-refractivity contribution >= 4 is 16.9 Å². The Kier molecular flexibility index (Phi) is 6.60. The predicted octanol–water partition coefficient (Wildman–Crippen LogP) is 2.28. The second kappa shape index (κ2) is 8.00. The van der Waals surface area contributed by atoms with E-state index in [2.05, 4.69) is 4.99 Å². The maximum absolute atomic E-state index is 5.85. The molecule has 0 aromatic heterocycles. The summed E-state index contributed by atoms with van der Waals surface area (Å²) in [4.78, 5) is 4.33. The summed E-state index contributed by atoms with van der Waals surface area (Å²) in [6.07, 6.45) is 0. The summed E-state index contributed by atoms with van der Waals surface area (Å²) in [5.74, 6) is 1.64. The van der Waals surface area contributed by atoms with Gasteiger partial charge >= 0.3 is 0 Å². The lowest BCUT2D eigenvalue weighted by atomic mass is 10.2. The molecular formula is C13H20N2O2S. The van der Waals surface area contributed by atoms with Crippen molar-refractivity contribution in [1.29, 1.82) is 0 Å². The summed E-state index contributed by atoms with van der Waals surface area (Å²) >= 11 is 1.52. The van der Waals surface area contributed by atoms with E-state index in [4.69, 9.17) is 15.2 Å². The van der Waals surface area contributed by atoms with Gasteiger partial charge in [0.25, 0.3) is 0 Å². The highest BCUT2D eigenvalue weighted by Crippen LogP contribution is 2.18. The number of hydrogen-bond acceptors (Lipinski definition) is 4. The molecule has 0 heterocycles. The fourth-order valence-electron chi connectivity index (χ4n) is 1.45. The molecule has 0 aliphatic rings. The van der Waals surface area contributed by atoms with E-state index < -0.39 is 0 Å². The molecule has 0 unspecified atom stereocenters. The molecule has 0 fully saturated rings. The number of rotatable bonds is 6. The normalized spacial score (nSPS) is 13.4. The molecule has 18 heavy (non-hydrogen) atoms. The lowest BCUT2D eigenvalue weighted by Crippen LogP contribution is -2.15. The van der Waals surface area contributed by atoms with Crippen molar-refractivity contribution in [3.8, 4) is 5.75 Å². The van der Waals surface area contributed by atoms with Crippen LogP contribution in [0.3, 0.4) is 0 Å². The van der Waals surface area contributed by atoms with E-state index in [0.717, 1.165) is 17.1 Å². The zero-order valence-electron chi connectivity index (χ0n) is 11.1. The number of benzene rings is 1. The van der Waals surface area contributed by atoms with Gasteiger partial charge in [-0.2, -0.15) is 0 Å². The Morgan fingerprint density at radius 2 is 2.22 bits per heavy atom. The first kappa shape index (κ1) is 14.9. The van der Waals surface area contributed by atoms with Crippen molar-refractivity contribution in [3.63, 3.8) is 0 Å². The summed E-state index contributed by atoms with van der Waals surface area (Å²) in [5.41, 5.74) is 7.01. The van der Waals surface area contributed by atoms with E-state index in [1.54, 1.807) is 14.2 Å². The molecular weight excluding hydrogens is 248 g/mol. The van der Waals surface area contributed by atoms with Gasteiger partial charge < -0.3 is 15.2 Å². The van der Waals surface area contributed by atoms with E-state index >= 15 is 0 Å². The summed E-state index contributed by atoms with van der Waals surface area (Å²) in [7, 11) is 3.32. The Hall–Kier alpha value is -1.20. The van der Waals surface area contributed by atoms with Crippen molar-refractivity contribution in [2.45, 2.75) is 18.7 Å². The largest absolute Gasteiger partial charge is 0.497 e. The molecule has 4 nitrogen and oxygen atoms in total. The van der Waals surface area contributed by atoms with E-state index in [-0.39, 0.29) is 6.04 Å². The first-order chi connectivity index (χ1) is 8.65. The van der Waals surface area contributed by atoms with Crippen LogP contribution in [0.15, 0.2) is 29.3 Å². The number of ether oxygens (including phenoxy) is 2. The summed E-state index contributed by atoms with van der Waals surface area (Å²) in [6, 6.07) is 8.02. The summed E-state index contributed by atoms with van der Waals surface area (Å²) in [5, 5.41) is 0.586. The average Bonchev–Trinajstić information content (AvgIpc) is 2.37. The van der Waals surface area contributed by atoms with Crippen LogP contribution in [-0.4, -0.2) is 32.0 Å². The fraction of sp³-hybridized carbons (Fsp3) is 0.462. The Morgan fingerprint density at radius 1 is 1.44 bits per heavy atom. The van der Waals surface area contributed by atoms with Crippen LogP contribution >= 0.6 is 11.8 Å². The zero-order valence-corrected chi connectivity index (χ0v) is 11.9. The second-order valence-electron chi connectivity index (χ2n) is 3.91. The molecule has 0 saturated carbocycles. The third kappa shape index (κ3) is 5.42. The molecule has 0 aliphatic carbocycles. The molecule has 1 rings (SSSR count). The Labute approximate surface area is 113 Å². The summed E-state index contributed by atoms with van der Waals surface area (Å²) < 4.78 is 10.2. The van der Waals surface area contributed by atoms with Crippen molar-refractivity contribution in [1.82, 2.24) is 0 Å². The van der Waals surface area contributed by atoms with Crippen molar-refractivity contribution in [3.05, 3.63) is 29.8 Å². The van der Waals surface area contributed by atoms with Crippen molar-refractivity contribution in [2.24, 2.45) is 10.7 Å². The van der Waals surface area contributed by atoms with E-state index in [0.29, 0.717) is 11.8 Å². The van der Waals surface area contributed by atoms with Crippen LogP contribution in [-0.2, 0) is 10.5 Å². The topological polar surface area (TPSA) is 56.8 Å². The van der Waals surface area contributed by atoms with Crippen LogP contribution in [0.25, 0.3) is 0 Å². The zero-order chi connectivity index (χ0) is 13.4. The van der Waals surface area contributed by atoms with Gasteiger partial charge in [0, 0.05) is 12.9 Å². The highest BCUT2D eigenvalue weighted by Gasteiger charge is 2.02. The number of methoxy groups -OCH3 is 2. The number of thioether (sulfide) groups is 1. The van der Waals surface area contributed by atoms with Crippen LogP contribution in [0.4, 0.5) is 0 Å². The molecule has 100 valence electrons. The van der Waals surface area contributed by atoms with Gasteiger partial charge in [-0.15, -0.1) is 0 Å². The standard InChI is InChI=1S/C13H20N2O2S/c1-10(8-16-2)15-13(14)18-9-11-5-4-6-12(7-11)17-3/h4-7,10H,8-9H2,1-3H3,(H2,14,15)/t10-/m1/s1. The predicted molar refractivity (Wildman–Crippen MR) is 77.2 cm³/mol. The molecule has 1 atom stereocenters. The van der Waals surface area contributed by atoms with Crippen molar-refractivity contribution in [2.75, 3.05) is 20.8 Å².